The minimum Gasteiger partial charge on any atom is -0.462 e. The van der Waals surface area contributed by atoms with E-state index in [0.29, 0.717) is 19.3 Å². The van der Waals surface area contributed by atoms with Gasteiger partial charge in [0.05, 0.1) is 0 Å². The molecule has 0 aliphatic heterocycles. The Bertz CT molecular complexity index is 1150. The SMILES string of the molecule is CC/C=C\C/C=C\C/C=C\C/C=C\C/C=C\C/C=C\CCC(=O)OC(COC(=O)CCCCCCCCCCCCCCC)COC(=O)CCCCCCCCCCCCCCC. The lowest BCUT2D eigenvalue weighted by Gasteiger charge is -2.18. The fraction of sp³-hybridized carbons (Fsp3) is 0.737. The Morgan fingerprint density at radius 3 is 0.937 bits per heavy atom. The zero-order valence-electron chi connectivity index (χ0n) is 41.3. The Hall–Kier alpha value is -3.15. The number of ether oxygens (including phenoxy) is 3. The van der Waals surface area contributed by atoms with Gasteiger partial charge in [0.2, 0.25) is 0 Å². The van der Waals surface area contributed by atoms with Crippen molar-refractivity contribution in [1.29, 1.82) is 0 Å². The molecule has 0 aromatic heterocycles. The largest absolute Gasteiger partial charge is 0.462 e. The van der Waals surface area contributed by atoms with E-state index in [2.05, 4.69) is 87.6 Å². The monoisotopic (exact) mass is 879 g/mol. The molecule has 0 aromatic rings. The Labute approximate surface area is 389 Å². The number of hydrogen-bond donors (Lipinski definition) is 0. The maximum atomic E-state index is 12.8. The van der Waals surface area contributed by atoms with E-state index in [1.807, 2.05) is 6.08 Å². The lowest BCUT2D eigenvalue weighted by molar-refractivity contribution is -0.166. The Morgan fingerprint density at radius 1 is 0.333 bits per heavy atom. The highest BCUT2D eigenvalue weighted by molar-refractivity contribution is 5.71. The van der Waals surface area contributed by atoms with Gasteiger partial charge in [-0.3, -0.25) is 14.4 Å². The second kappa shape index (κ2) is 51.5. The fourth-order valence-corrected chi connectivity index (χ4v) is 7.29. The maximum Gasteiger partial charge on any atom is 0.306 e. The van der Waals surface area contributed by atoms with Gasteiger partial charge in [-0.2, -0.15) is 0 Å². The van der Waals surface area contributed by atoms with Crippen LogP contribution >= 0.6 is 0 Å². The summed E-state index contributed by atoms with van der Waals surface area (Å²) in [7, 11) is 0. The minimum atomic E-state index is -0.811. The number of unbranched alkanes of at least 4 members (excludes halogenated alkanes) is 24. The number of allylic oxidation sites excluding steroid dienone is 12. The molecule has 6 nitrogen and oxygen atoms in total. The molecule has 0 bridgehead atoms. The van der Waals surface area contributed by atoms with Gasteiger partial charge in [-0.05, 0) is 57.8 Å². The summed E-state index contributed by atoms with van der Waals surface area (Å²) in [6.45, 7) is 6.47. The number of rotatable bonds is 47. The summed E-state index contributed by atoms with van der Waals surface area (Å²) in [5, 5.41) is 0. The van der Waals surface area contributed by atoms with Crippen molar-refractivity contribution in [2.45, 2.75) is 258 Å². The standard InChI is InChI=1S/C57H98O6/c1-4-7-10-13-16-19-22-25-26-27-28-29-30-33-36-39-42-45-48-51-57(60)63-54(52-61-55(58)49-46-43-40-37-34-31-23-20-17-14-11-8-5-2)53-62-56(59)50-47-44-41-38-35-32-24-21-18-15-12-9-6-3/h7,10,16,19,25-26,28-29,33,36,42,45,54H,4-6,8-9,11-15,17-18,20-24,27,30-32,34-35,37-41,43-44,46-53H2,1-3H3/b10-7-,19-16-,26-25-,29-28-,36-33-,45-42-. The smallest absolute Gasteiger partial charge is 0.306 e. The molecule has 0 N–H and O–H groups in total. The normalized spacial score (nSPS) is 12.2. The number of carbonyl (C=O) groups excluding carboxylic acids is 3. The summed E-state index contributed by atoms with van der Waals surface area (Å²) in [5.74, 6) is -0.981. The van der Waals surface area contributed by atoms with E-state index in [4.69, 9.17) is 14.2 Å². The van der Waals surface area contributed by atoms with Crippen LogP contribution < -0.4 is 0 Å². The molecule has 0 spiro atoms. The first-order chi connectivity index (χ1) is 31.0. The third-order valence-corrected chi connectivity index (χ3v) is 11.2. The molecule has 0 heterocycles. The Balaban J connectivity index is 4.49. The maximum absolute atomic E-state index is 12.8. The topological polar surface area (TPSA) is 78.9 Å². The minimum absolute atomic E-state index is 0.102. The zero-order chi connectivity index (χ0) is 45.8. The van der Waals surface area contributed by atoms with Crippen LogP contribution in [0.4, 0.5) is 0 Å². The van der Waals surface area contributed by atoms with Gasteiger partial charge in [0.25, 0.3) is 0 Å². The average Bonchev–Trinajstić information content (AvgIpc) is 3.28. The van der Waals surface area contributed by atoms with Crippen LogP contribution in [0.1, 0.15) is 252 Å². The molecule has 63 heavy (non-hydrogen) atoms. The molecule has 6 heteroatoms. The third kappa shape index (κ3) is 49.7. The van der Waals surface area contributed by atoms with Crippen molar-refractivity contribution in [3.8, 4) is 0 Å². The van der Waals surface area contributed by atoms with Gasteiger partial charge >= 0.3 is 17.9 Å². The Morgan fingerprint density at radius 2 is 0.619 bits per heavy atom. The molecule has 0 amide bonds. The molecule has 0 aromatic carbocycles. The third-order valence-electron chi connectivity index (χ3n) is 11.2. The summed E-state index contributed by atoms with van der Waals surface area (Å²) in [6, 6.07) is 0. The first-order valence-corrected chi connectivity index (χ1v) is 26.4. The highest BCUT2D eigenvalue weighted by Crippen LogP contribution is 2.15. The van der Waals surface area contributed by atoms with Crippen LogP contribution in [0, 0.1) is 0 Å². The predicted molar refractivity (Wildman–Crippen MR) is 270 cm³/mol. The molecule has 0 rings (SSSR count). The zero-order valence-corrected chi connectivity index (χ0v) is 41.3. The number of hydrogen-bond acceptors (Lipinski definition) is 6. The van der Waals surface area contributed by atoms with E-state index in [1.165, 1.54) is 128 Å². The van der Waals surface area contributed by atoms with E-state index in [0.717, 1.165) is 77.0 Å². The van der Waals surface area contributed by atoms with Crippen LogP contribution in [0.2, 0.25) is 0 Å². The van der Waals surface area contributed by atoms with Crippen molar-refractivity contribution < 1.29 is 28.6 Å². The van der Waals surface area contributed by atoms with Crippen LogP contribution in [-0.4, -0.2) is 37.2 Å². The summed E-state index contributed by atoms with van der Waals surface area (Å²) >= 11 is 0. The molecule has 362 valence electrons. The quantitative estimate of drug-likeness (QED) is 0.0262. The summed E-state index contributed by atoms with van der Waals surface area (Å²) in [5.41, 5.74) is 0. The molecule has 0 radical (unpaired) electrons. The molecular weight excluding hydrogens is 781 g/mol. The first-order valence-electron chi connectivity index (χ1n) is 26.4. The van der Waals surface area contributed by atoms with Gasteiger partial charge in [0.1, 0.15) is 13.2 Å². The summed E-state index contributed by atoms with van der Waals surface area (Å²) in [4.78, 5) is 37.9. The lowest BCUT2D eigenvalue weighted by atomic mass is 10.0. The summed E-state index contributed by atoms with van der Waals surface area (Å²) in [6.07, 6.45) is 64.7. The van der Waals surface area contributed by atoms with Gasteiger partial charge in [-0.15, -0.1) is 0 Å². The molecule has 0 unspecified atom stereocenters. The number of esters is 3. The van der Waals surface area contributed by atoms with Gasteiger partial charge < -0.3 is 14.2 Å². The first kappa shape index (κ1) is 59.9. The highest BCUT2D eigenvalue weighted by Gasteiger charge is 2.19. The fourth-order valence-electron chi connectivity index (χ4n) is 7.29. The second-order valence-corrected chi connectivity index (χ2v) is 17.4. The molecule has 0 aliphatic carbocycles. The van der Waals surface area contributed by atoms with E-state index >= 15 is 0 Å². The molecule has 0 aliphatic rings. The molecule has 0 saturated heterocycles. The molecule has 0 saturated carbocycles. The van der Waals surface area contributed by atoms with Crippen molar-refractivity contribution in [3.63, 3.8) is 0 Å². The predicted octanol–water partition coefficient (Wildman–Crippen LogP) is 17.4. The van der Waals surface area contributed by atoms with Crippen molar-refractivity contribution in [2.24, 2.45) is 0 Å². The van der Waals surface area contributed by atoms with Gasteiger partial charge in [0.15, 0.2) is 6.10 Å². The van der Waals surface area contributed by atoms with Crippen LogP contribution in [0.25, 0.3) is 0 Å². The molecular formula is C57H98O6. The van der Waals surface area contributed by atoms with E-state index in [9.17, 15) is 14.4 Å². The average molecular weight is 879 g/mol. The van der Waals surface area contributed by atoms with Gasteiger partial charge in [0, 0.05) is 19.3 Å². The highest BCUT2D eigenvalue weighted by atomic mass is 16.6. The van der Waals surface area contributed by atoms with Crippen LogP contribution in [-0.2, 0) is 28.6 Å². The van der Waals surface area contributed by atoms with Gasteiger partial charge in [-0.1, -0.05) is 248 Å². The lowest BCUT2D eigenvalue weighted by Crippen LogP contribution is -2.30. The van der Waals surface area contributed by atoms with E-state index in [1.54, 1.807) is 0 Å². The van der Waals surface area contributed by atoms with Crippen molar-refractivity contribution in [2.75, 3.05) is 13.2 Å². The van der Waals surface area contributed by atoms with Crippen molar-refractivity contribution in [3.05, 3.63) is 72.9 Å². The second-order valence-electron chi connectivity index (χ2n) is 17.4. The summed E-state index contributed by atoms with van der Waals surface area (Å²) < 4.78 is 16.7. The van der Waals surface area contributed by atoms with E-state index in [-0.39, 0.29) is 37.5 Å². The van der Waals surface area contributed by atoms with E-state index < -0.39 is 6.10 Å². The van der Waals surface area contributed by atoms with Crippen LogP contribution in [0.5, 0.6) is 0 Å². The van der Waals surface area contributed by atoms with Crippen LogP contribution in [0.15, 0.2) is 72.9 Å². The Kier molecular flexibility index (Phi) is 48.9. The van der Waals surface area contributed by atoms with Crippen LogP contribution in [0.3, 0.4) is 0 Å². The molecule has 0 fully saturated rings. The van der Waals surface area contributed by atoms with Gasteiger partial charge in [-0.25, -0.2) is 0 Å². The molecule has 0 atom stereocenters. The number of carbonyl (C=O) groups is 3. The van der Waals surface area contributed by atoms with Crippen molar-refractivity contribution >= 4 is 17.9 Å². The van der Waals surface area contributed by atoms with Crippen molar-refractivity contribution in [1.82, 2.24) is 0 Å².